The van der Waals surface area contributed by atoms with Gasteiger partial charge in [-0.25, -0.2) is 0 Å². The van der Waals surface area contributed by atoms with Crippen molar-refractivity contribution in [3.05, 3.63) is 12.2 Å². The second kappa shape index (κ2) is 5.79. The number of hydrogen-bond donors (Lipinski definition) is 0. The van der Waals surface area contributed by atoms with Crippen LogP contribution in [0.25, 0.3) is 0 Å². The fourth-order valence-corrected chi connectivity index (χ4v) is 1.50. The SMILES string of the molecule is C=C1CCCCCCCC(=O)OC1. The smallest absolute Gasteiger partial charge is 0.306 e. The minimum atomic E-state index is -0.0666. The van der Waals surface area contributed by atoms with Crippen molar-refractivity contribution in [1.29, 1.82) is 0 Å². The summed E-state index contributed by atoms with van der Waals surface area (Å²) in [5.74, 6) is -0.0666. The van der Waals surface area contributed by atoms with Crippen molar-refractivity contribution in [2.45, 2.75) is 44.9 Å². The minimum Gasteiger partial charge on any atom is -0.461 e. The highest BCUT2D eigenvalue weighted by atomic mass is 16.5. The molecule has 1 fully saturated rings. The van der Waals surface area contributed by atoms with Crippen LogP contribution in [0.15, 0.2) is 12.2 Å². The van der Waals surface area contributed by atoms with Crippen LogP contribution in [0.5, 0.6) is 0 Å². The number of ether oxygens (including phenoxy) is 1. The monoisotopic (exact) mass is 182 g/mol. The molecule has 1 aliphatic heterocycles. The molecule has 0 N–H and O–H groups in total. The van der Waals surface area contributed by atoms with Gasteiger partial charge in [0.1, 0.15) is 6.61 Å². The maximum atomic E-state index is 11.1. The number of hydrogen-bond acceptors (Lipinski definition) is 2. The Kier molecular flexibility index (Phi) is 4.58. The van der Waals surface area contributed by atoms with Gasteiger partial charge in [-0.05, 0) is 24.8 Å². The number of carbonyl (C=O) groups excluding carboxylic acids is 1. The Morgan fingerprint density at radius 3 is 2.38 bits per heavy atom. The molecular weight excluding hydrogens is 164 g/mol. The molecule has 0 unspecified atom stereocenters. The van der Waals surface area contributed by atoms with Crippen LogP contribution >= 0.6 is 0 Å². The maximum absolute atomic E-state index is 11.1. The highest BCUT2D eigenvalue weighted by Crippen LogP contribution is 2.13. The summed E-state index contributed by atoms with van der Waals surface area (Å²) in [4.78, 5) is 11.1. The number of esters is 1. The van der Waals surface area contributed by atoms with Gasteiger partial charge in [-0.15, -0.1) is 0 Å². The van der Waals surface area contributed by atoms with Crippen LogP contribution in [0.2, 0.25) is 0 Å². The van der Waals surface area contributed by atoms with E-state index in [9.17, 15) is 4.79 Å². The molecule has 1 heterocycles. The molecule has 0 aliphatic carbocycles. The van der Waals surface area contributed by atoms with Crippen LogP contribution in [-0.2, 0) is 9.53 Å². The molecule has 0 atom stereocenters. The molecule has 0 radical (unpaired) electrons. The van der Waals surface area contributed by atoms with Gasteiger partial charge in [-0.2, -0.15) is 0 Å². The van der Waals surface area contributed by atoms with Crippen molar-refractivity contribution in [2.75, 3.05) is 6.61 Å². The summed E-state index contributed by atoms with van der Waals surface area (Å²) >= 11 is 0. The minimum absolute atomic E-state index is 0.0666. The quantitative estimate of drug-likeness (QED) is 0.425. The van der Waals surface area contributed by atoms with Crippen molar-refractivity contribution in [1.82, 2.24) is 0 Å². The lowest BCUT2D eigenvalue weighted by Gasteiger charge is -2.05. The number of rotatable bonds is 0. The molecule has 0 aromatic carbocycles. The first-order valence-electron chi connectivity index (χ1n) is 5.11. The van der Waals surface area contributed by atoms with Gasteiger partial charge in [-0.3, -0.25) is 4.79 Å². The van der Waals surface area contributed by atoms with Crippen LogP contribution < -0.4 is 0 Å². The molecule has 0 aromatic heterocycles. The van der Waals surface area contributed by atoms with Gasteiger partial charge in [-0.1, -0.05) is 25.8 Å². The molecule has 1 saturated heterocycles. The largest absolute Gasteiger partial charge is 0.461 e. The standard InChI is InChI=1S/C11H18O2/c1-10-7-5-3-2-4-6-8-11(12)13-9-10/h1-9H2. The Labute approximate surface area is 80.0 Å². The van der Waals surface area contributed by atoms with E-state index in [1.165, 1.54) is 19.3 Å². The average molecular weight is 182 g/mol. The molecule has 1 aliphatic rings. The summed E-state index contributed by atoms with van der Waals surface area (Å²) in [6.07, 6.45) is 7.40. The zero-order chi connectivity index (χ0) is 9.52. The van der Waals surface area contributed by atoms with E-state index in [0.29, 0.717) is 13.0 Å². The van der Waals surface area contributed by atoms with Gasteiger partial charge in [0.25, 0.3) is 0 Å². The molecule has 2 nitrogen and oxygen atoms in total. The van der Waals surface area contributed by atoms with Gasteiger partial charge >= 0.3 is 5.97 Å². The van der Waals surface area contributed by atoms with E-state index >= 15 is 0 Å². The second-order valence-corrected chi connectivity index (χ2v) is 3.68. The maximum Gasteiger partial charge on any atom is 0.306 e. The average Bonchev–Trinajstić information content (AvgIpc) is 2.15. The molecular formula is C11H18O2. The molecule has 0 saturated carbocycles. The van der Waals surface area contributed by atoms with E-state index in [-0.39, 0.29) is 5.97 Å². The van der Waals surface area contributed by atoms with E-state index in [1.54, 1.807) is 0 Å². The van der Waals surface area contributed by atoms with Crippen LogP contribution in [-0.4, -0.2) is 12.6 Å². The van der Waals surface area contributed by atoms with E-state index in [0.717, 1.165) is 24.8 Å². The van der Waals surface area contributed by atoms with Gasteiger partial charge < -0.3 is 4.74 Å². The fraction of sp³-hybridized carbons (Fsp3) is 0.727. The summed E-state index contributed by atoms with van der Waals surface area (Å²) in [5, 5.41) is 0. The van der Waals surface area contributed by atoms with E-state index in [2.05, 4.69) is 6.58 Å². The normalized spacial score (nSPS) is 21.8. The molecule has 0 bridgehead atoms. The van der Waals surface area contributed by atoms with Gasteiger partial charge in [0.15, 0.2) is 0 Å². The Bertz CT molecular complexity index is 165. The first-order valence-corrected chi connectivity index (χ1v) is 5.11. The Morgan fingerprint density at radius 2 is 1.62 bits per heavy atom. The summed E-state index contributed by atoms with van der Waals surface area (Å²) in [5.41, 5.74) is 1.05. The van der Waals surface area contributed by atoms with Crippen molar-refractivity contribution < 1.29 is 9.53 Å². The third-order valence-electron chi connectivity index (χ3n) is 2.35. The predicted molar refractivity (Wildman–Crippen MR) is 52.4 cm³/mol. The van der Waals surface area contributed by atoms with Gasteiger partial charge in [0.05, 0.1) is 0 Å². The number of carbonyl (C=O) groups is 1. The molecule has 2 heteroatoms. The fourth-order valence-electron chi connectivity index (χ4n) is 1.50. The van der Waals surface area contributed by atoms with Crippen molar-refractivity contribution >= 4 is 5.97 Å². The van der Waals surface area contributed by atoms with Crippen molar-refractivity contribution in [3.63, 3.8) is 0 Å². The van der Waals surface area contributed by atoms with E-state index < -0.39 is 0 Å². The highest BCUT2D eigenvalue weighted by molar-refractivity contribution is 5.69. The Balaban J connectivity index is 2.32. The highest BCUT2D eigenvalue weighted by Gasteiger charge is 2.05. The molecule has 0 spiro atoms. The lowest BCUT2D eigenvalue weighted by molar-refractivity contribution is -0.142. The van der Waals surface area contributed by atoms with Crippen molar-refractivity contribution in [2.24, 2.45) is 0 Å². The first-order chi connectivity index (χ1) is 6.29. The molecule has 74 valence electrons. The summed E-state index contributed by atoms with van der Waals surface area (Å²) in [7, 11) is 0. The van der Waals surface area contributed by atoms with Crippen LogP contribution in [0.4, 0.5) is 0 Å². The van der Waals surface area contributed by atoms with Crippen LogP contribution in [0.3, 0.4) is 0 Å². The lowest BCUT2D eigenvalue weighted by atomic mass is 10.1. The molecule has 0 amide bonds. The summed E-state index contributed by atoms with van der Waals surface area (Å²) in [6.45, 7) is 4.31. The topological polar surface area (TPSA) is 26.3 Å². The third kappa shape index (κ3) is 4.71. The van der Waals surface area contributed by atoms with Crippen LogP contribution in [0, 0.1) is 0 Å². The molecule has 0 aromatic rings. The molecule has 1 rings (SSSR count). The van der Waals surface area contributed by atoms with Crippen molar-refractivity contribution in [3.8, 4) is 0 Å². The van der Waals surface area contributed by atoms with E-state index in [1.807, 2.05) is 0 Å². The van der Waals surface area contributed by atoms with Crippen LogP contribution in [0.1, 0.15) is 44.9 Å². The first kappa shape index (κ1) is 10.3. The van der Waals surface area contributed by atoms with E-state index in [4.69, 9.17) is 4.74 Å². The van der Waals surface area contributed by atoms with Gasteiger partial charge in [0, 0.05) is 6.42 Å². The summed E-state index contributed by atoms with van der Waals surface area (Å²) < 4.78 is 5.05. The summed E-state index contributed by atoms with van der Waals surface area (Å²) in [6, 6.07) is 0. The molecule has 13 heavy (non-hydrogen) atoms. The Hall–Kier alpha value is -0.790. The third-order valence-corrected chi connectivity index (χ3v) is 2.35. The predicted octanol–water partition coefficient (Wildman–Crippen LogP) is 2.83. The number of cyclic esters (lactones) is 1. The zero-order valence-electron chi connectivity index (χ0n) is 8.18. The second-order valence-electron chi connectivity index (χ2n) is 3.68. The zero-order valence-corrected chi connectivity index (χ0v) is 8.18. The lowest BCUT2D eigenvalue weighted by Crippen LogP contribution is -2.06. The van der Waals surface area contributed by atoms with Gasteiger partial charge in [0.2, 0.25) is 0 Å². The Morgan fingerprint density at radius 1 is 1.00 bits per heavy atom.